The van der Waals surface area contributed by atoms with Crippen molar-refractivity contribution >= 4 is 18.3 Å². The van der Waals surface area contributed by atoms with Crippen molar-refractivity contribution in [1.82, 2.24) is 10.6 Å². The van der Waals surface area contributed by atoms with E-state index in [1.54, 1.807) is 6.92 Å². The molecule has 0 radical (unpaired) electrons. The number of halogens is 1. The Balaban J connectivity index is 0.00000324. The fourth-order valence-corrected chi connectivity index (χ4v) is 2.26. The molecule has 3 N–H and O–H groups in total. The van der Waals surface area contributed by atoms with Gasteiger partial charge in [-0.05, 0) is 18.8 Å². The van der Waals surface area contributed by atoms with E-state index in [0.29, 0.717) is 26.0 Å². The van der Waals surface area contributed by atoms with Gasteiger partial charge < -0.3 is 20.5 Å². The molecule has 1 fully saturated rings. The summed E-state index contributed by atoms with van der Waals surface area (Å²) in [5, 5.41) is 15.6. The molecule has 1 amide bonds. The van der Waals surface area contributed by atoms with Crippen LogP contribution in [0.3, 0.4) is 0 Å². The molecular formula is C13H27ClN2O3. The molecule has 1 saturated heterocycles. The van der Waals surface area contributed by atoms with Crippen molar-refractivity contribution in [2.75, 3.05) is 26.3 Å². The molecule has 0 aliphatic carbocycles. The van der Waals surface area contributed by atoms with Gasteiger partial charge in [0.2, 0.25) is 5.91 Å². The third-order valence-electron chi connectivity index (χ3n) is 3.04. The standard InChI is InChI=1S/C13H26N2O3.ClH/c1-10(16)7-13(2,3)9-15-12(17)6-11-8-18-5-4-14-11;/h10-11,14,16H,4-9H2,1-3H3,(H,15,17);1H. The molecule has 5 nitrogen and oxygen atoms in total. The second-order valence-corrected chi connectivity index (χ2v) is 5.92. The number of aliphatic hydroxyl groups excluding tert-OH is 1. The van der Waals surface area contributed by atoms with Crippen LogP contribution in [0, 0.1) is 5.41 Å². The molecule has 2 unspecified atom stereocenters. The lowest BCUT2D eigenvalue weighted by molar-refractivity contribution is -0.122. The lowest BCUT2D eigenvalue weighted by Gasteiger charge is -2.27. The highest BCUT2D eigenvalue weighted by atomic mass is 35.5. The number of carbonyl (C=O) groups excluding carboxylic acids is 1. The van der Waals surface area contributed by atoms with Gasteiger partial charge >= 0.3 is 0 Å². The average Bonchev–Trinajstić information content (AvgIpc) is 2.26. The van der Waals surface area contributed by atoms with Crippen molar-refractivity contribution < 1.29 is 14.6 Å². The number of rotatable bonds is 6. The van der Waals surface area contributed by atoms with Gasteiger partial charge in [-0.15, -0.1) is 12.4 Å². The normalized spacial score (nSPS) is 21.4. The van der Waals surface area contributed by atoms with Gasteiger partial charge in [-0.25, -0.2) is 0 Å². The Labute approximate surface area is 121 Å². The molecule has 0 aromatic heterocycles. The summed E-state index contributed by atoms with van der Waals surface area (Å²) in [6.07, 6.45) is 0.786. The second-order valence-electron chi connectivity index (χ2n) is 5.92. The quantitative estimate of drug-likeness (QED) is 0.674. The van der Waals surface area contributed by atoms with Crippen LogP contribution in [0.1, 0.15) is 33.6 Å². The van der Waals surface area contributed by atoms with Crippen molar-refractivity contribution in [1.29, 1.82) is 0 Å². The number of amides is 1. The third kappa shape index (κ3) is 8.42. The minimum Gasteiger partial charge on any atom is -0.393 e. The van der Waals surface area contributed by atoms with Gasteiger partial charge in [0, 0.05) is 25.6 Å². The maximum absolute atomic E-state index is 11.8. The summed E-state index contributed by atoms with van der Waals surface area (Å²) in [5.41, 5.74) is -0.0830. The van der Waals surface area contributed by atoms with E-state index in [-0.39, 0.29) is 35.9 Å². The summed E-state index contributed by atoms with van der Waals surface area (Å²) in [4.78, 5) is 11.8. The van der Waals surface area contributed by atoms with E-state index in [0.717, 1.165) is 13.2 Å². The largest absolute Gasteiger partial charge is 0.393 e. The molecular weight excluding hydrogens is 268 g/mol. The van der Waals surface area contributed by atoms with Crippen LogP contribution < -0.4 is 10.6 Å². The number of carbonyl (C=O) groups is 1. The highest BCUT2D eigenvalue weighted by Crippen LogP contribution is 2.21. The highest BCUT2D eigenvalue weighted by molar-refractivity contribution is 5.85. The minimum atomic E-state index is -0.342. The van der Waals surface area contributed by atoms with Crippen LogP contribution in [0.2, 0.25) is 0 Å². The van der Waals surface area contributed by atoms with Crippen molar-refractivity contribution in [3.8, 4) is 0 Å². The Morgan fingerprint density at radius 1 is 1.58 bits per heavy atom. The van der Waals surface area contributed by atoms with Crippen LogP contribution in [0.25, 0.3) is 0 Å². The van der Waals surface area contributed by atoms with Crippen molar-refractivity contribution in [2.45, 2.75) is 45.8 Å². The van der Waals surface area contributed by atoms with Gasteiger partial charge in [0.1, 0.15) is 0 Å². The van der Waals surface area contributed by atoms with Gasteiger partial charge in [-0.1, -0.05) is 13.8 Å². The molecule has 2 atom stereocenters. The van der Waals surface area contributed by atoms with Gasteiger partial charge in [-0.2, -0.15) is 0 Å². The zero-order chi connectivity index (χ0) is 13.6. The van der Waals surface area contributed by atoms with Gasteiger partial charge in [-0.3, -0.25) is 4.79 Å². The molecule has 0 aromatic rings. The maximum atomic E-state index is 11.8. The third-order valence-corrected chi connectivity index (χ3v) is 3.04. The Kier molecular flexibility index (Phi) is 8.57. The highest BCUT2D eigenvalue weighted by Gasteiger charge is 2.22. The summed E-state index contributed by atoms with van der Waals surface area (Å²) in [6, 6.07) is 0.124. The van der Waals surface area contributed by atoms with E-state index in [1.807, 2.05) is 13.8 Å². The number of ether oxygens (including phenoxy) is 1. The number of aliphatic hydroxyl groups is 1. The van der Waals surface area contributed by atoms with Crippen molar-refractivity contribution in [2.24, 2.45) is 5.41 Å². The molecule has 0 bridgehead atoms. The number of hydrogen-bond donors (Lipinski definition) is 3. The maximum Gasteiger partial charge on any atom is 0.221 e. The second kappa shape index (κ2) is 8.74. The minimum absolute atomic E-state index is 0. The Bertz CT molecular complexity index is 267. The monoisotopic (exact) mass is 294 g/mol. The molecule has 114 valence electrons. The molecule has 0 aromatic carbocycles. The van der Waals surface area contributed by atoms with Crippen LogP contribution >= 0.6 is 12.4 Å². The van der Waals surface area contributed by atoms with E-state index >= 15 is 0 Å². The summed E-state index contributed by atoms with van der Waals surface area (Å²) >= 11 is 0. The lowest BCUT2D eigenvalue weighted by atomic mass is 9.87. The van der Waals surface area contributed by atoms with Crippen LogP contribution in [0.5, 0.6) is 0 Å². The topological polar surface area (TPSA) is 70.6 Å². The molecule has 1 aliphatic heterocycles. The Hall–Kier alpha value is -0.360. The predicted molar refractivity (Wildman–Crippen MR) is 77.6 cm³/mol. The SMILES string of the molecule is CC(O)CC(C)(C)CNC(=O)CC1COCCN1.Cl. The zero-order valence-electron chi connectivity index (χ0n) is 12.1. The first kappa shape index (κ1) is 18.6. The van der Waals surface area contributed by atoms with E-state index in [9.17, 15) is 9.90 Å². The van der Waals surface area contributed by atoms with Gasteiger partial charge in [0.05, 0.1) is 19.3 Å². The van der Waals surface area contributed by atoms with Crippen LogP contribution in [0.4, 0.5) is 0 Å². The number of morpholine rings is 1. The lowest BCUT2D eigenvalue weighted by Crippen LogP contribution is -2.45. The van der Waals surface area contributed by atoms with Crippen LogP contribution in [-0.4, -0.2) is 49.5 Å². The summed E-state index contributed by atoms with van der Waals surface area (Å²) < 4.78 is 5.31. The Morgan fingerprint density at radius 3 is 2.79 bits per heavy atom. The van der Waals surface area contributed by atoms with Crippen LogP contribution in [0.15, 0.2) is 0 Å². The van der Waals surface area contributed by atoms with E-state index in [1.165, 1.54) is 0 Å². The molecule has 1 rings (SSSR count). The predicted octanol–water partition coefficient (Wildman–Crippen LogP) is 0.700. The molecule has 1 aliphatic rings. The molecule has 0 spiro atoms. The fraction of sp³-hybridized carbons (Fsp3) is 0.923. The Morgan fingerprint density at radius 2 is 2.26 bits per heavy atom. The van der Waals surface area contributed by atoms with E-state index in [2.05, 4.69) is 10.6 Å². The summed E-state index contributed by atoms with van der Waals surface area (Å²) in [7, 11) is 0. The van der Waals surface area contributed by atoms with Gasteiger partial charge in [0.25, 0.3) is 0 Å². The van der Waals surface area contributed by atoms with E-state index in [4.69, 9.17) is 4.74 Å². The smallest absolute Gasteiger partial charge is 0.221 e. The van der Waals surface area contributed by atoms with E-state index < -0.39 is 0 Å². The molecule has 6 heteroatoms. The van der Waals surface area contributed by atoms with Gasteiger partial charge in [0.15, 0.2) is 0 Å². The first-order valence-electron chi connectivity index (χ1n) is 6.65. The summed E-state index contributed by atoms with van der Waals surface area (Å²) in [5.74, 6) is 0.0386. The van der Waals surface area contributed by atoms with Crippen LogP contribution in [-0.2, 0) is 9.53 Å². The molecule has 19 heavy (non-hydrogen) atoms. The molecule has 0 saturated carbocycles. The van der Waals surface area contributed by atoms with Crippen molar-refractivity contribution in [3.05, 3.63) is 0 Å². The summed E-state index contributed by atoms with van der Waals surface area (Å²) in [6.45, 7) is 8.58. The molecule has 1 heterocycles. The first-order valence-corrected chi connectivity index (χ1v) is 6.65. The van der Waals surface area contributed by atoms with Crippen molar-refractivity contribution in [3.63, 3.8) is 0 Å². The number of nitrogens with one attached hydrogen (secondary N) is 2. The first-order chi connectivity index (χ1) is 8.39. The average molecular weight is 295 g/mol. The number of hydrogen-bond acceptors (Lipinski definition) is 4. The zero-order valence-corrected chi connectivity index (χ0v) is 12.9. The fourth-order valence-electron chi connectivity index (χ4n) is 2.26.